The van der Waals surface area contributed by atoms with Crippen molar-refractivity contribution in [3.05, 3.63) is 35.4 Å². The molecule has 0 bridgehead atoms. The molecule has 4 heteroatoms. The summed E-state index contributed by atoms with van der Waals surface area (Å²) >= 11 is 0. The van der Waals surface area contributed by atoms with Crippen LogP contribution in [0.25, 0.3) is 0 Å². The van der Waals surface area contributed by atoms with Crippen LogP contribution >= 0.6 is 0 Å². The molecule has 20 heavy (non-hydrogen) atoms. The third-order valence-electron chi connectivity index (χ3n) is 3.00. The molecule has 2 N–H and O–H groups in total. The number of nitrogens with zero attached hydrogens (tertiary/aromatic N) is 2. The van der Waals surface area contributed by atoms with Gasteiger partial charge in [0.05, 0.1) is 12.4 Å². The van der Waals surface area contributed by atoms with Gasteiger partial charge in [0.2, 0.25) is 0 Å². The fraction of sp³-hybridized carbons (Fsp3) is 0.625. The molecule has 0 saturated carbocycles. The van der Waals surface area contributed by atoms with Crippen molar-refractivity contribution in [2.75, 3.05) is 0 Å². The van der Waals surface area contributed by atoms with E-state index in [0.717, 1.165) is 0 Å². The molecule has 0 saturated heterocycles. The lowest BCUT2D eigenvalue weighted by Crippen LogP contribution is -2.11. The van der Waals surface area contributed by atoms with E-state index in [1.165, 1.54) is 16.8 Å². The molecule has 2 aromatic heterocycles. The van der Waals surface area contributed by atoms with Crippen LogP contribution in [-0.2, 0) is 10.8 Å². The van der Waals surface area contributed by atoms with Gasteiger partial charge in [0.15, 0.2) is 0 Å². The molecule has 2 rings (SSSR count). The maximum Gasteiger partial charge on any atom is 0.0527 e. The van der Waals surface area contributed by atoms with Gasteiger partial charge < -0.3 is 0 Å². The number of aromatic nitrogens is 4. The molecule has 0 aliphatic rings. The van der Waals surface area contributed by atoms with Crippen LogP contribution in [0, 0.1) is 6.92 Å². The van der Waals surface area contributed by atoms with Gasteiger partial charge in [0.25, 0.3) is 0 Å². The standard InChI is InChI=1S/C8H14N2.C7H12N2.CH4/c1-6-7(5-9-10-6)8(2,3)4;1-7(2,3)6-4-8-9-5-6;/h5H,1-4H3,(H,9,10);4-5H,1-3H3,(H,8,9);1H4. The van der Waals surface area contributed by atoms with Crippen LogP contribution in [0.1, 0.15) is 65.8 Å². The lowest BCUT2D eigenvalue weighted by atomic mass is 9.88. The highest BCUT2D eigenvalue weighted by atomic mass is 15.1. The Morgan fingerprint density at radius 1 is 0.900 bits per heavy atom. The molecule has 0 atom stereocenters. The predicted molar refractivity (Wildman–Crippen MR) is 86.0 cm³/mol. The Hall–Kier alpha value is -1.58. The summed E-state index contributed by atoms with van der Waals surface area (Å²) in [6.45, 7) is 15.1. The number of rotatable bonds is 0. The minimum Gasteiger partial charge on any atom is -0.285 e. The topological polar surface area (TPSA) is 57.4 Å². The Kier molecular flexibility index (Phi) is 6.20. The van der Waals surface area contributed by atoms with Crippen LogP contribution in [0.15, 0.2) is 18.6 Å². The average Bonchev–Trinajstić information content (AvgIpc) is 2.84. The third-order valence-corrected chi connectivity index (χ3v) is 3.00. The van der Waals surface area contributed by atoms with Crippen LogP contribution in [0.2, 0.25) is 0 Å². The first kappa shape index (κ1) is 18.4. The Balaban J connectivity index is 0.000000345. The van der Waals surface area contributed by atoms with Gasteiger partial charge in [-0.2, -0.15) is 10.2 Å². The average molecular weight is 278 g/mol. The van der Waals surface area contributed by atoms with Gasteiger partial charge in [-0.05, 0) is 28.9 Å². The van der Waals surface area contributed by atoms with Crippen molar-refractivity contribution in [3.63, 3.8) is 0 Å². The lowest BCUT2D eigenvalue weighted by Gasteiger charge is -2.16. The van der Waals surface area contributed by atoms with E-state index in [1.807, 2.05) is 25.5 Å². The predicted octanol–water partition coefficient (Wildman–Crippen LogP) is 4.36. The van der Waals surface area contributed by atoms with E-state index in [1.54, 1.807) is 0 Å². The zero-order chi connectivity index (χ0) is 14.7. The van der Waals surface area contributed by atoms with Crippen molar-refractivity contribution in [1.82, 2.24) is 20.4 Å². The highest BCUT2D eigenvalue weighted by Crippen LogP contribution is 2.23. The minimum atomic E-state index is 0. The second kappa shape index (κ2) is 6.73. The van der Waals surface area contributed by atoms with Gasteiger partial charge in [-0.25, -0.2) is 0 Å². The SMILES string of the molecule is C.CC(C)(C)c1cn[nH]c1.Cc1[nH]ncc1C(C)(C)C. The summed E-state index contributed by atoms with van der Waals surface area (Å²) in [4.78, 5) is 0. The highest BCUT2D eigenvalue weighted by molar-refractivity contribution is 5.22. The maximum atomic E-state index is 3.96. The lowest BCUT2D eigenvalue weighted by molar-refractivity contribution is 0.586. The molecule has 0 radical (unpaired) electrons. The largest absolute Gasteiger partial charge is 0.285 e. The summed E-state index contributed by atoms with van der Waals surface area (Å²) in [6, 6.07) is 0. The molecule has 0 aliphatic heterocycles. The fourth-order valence-corrected chi connectivity index (χ4v) is 1.77. The van der Waals surface area contributed by atoms with Crippen molar-refractivity contribution >= 4 is 0 Å². The zero-order valence-electron chi connectivity index (χ0n) is 13.1. The first-order chi connectivity index (χ1) is 8.62. The Morgan fingerprint density at radius 2 is 1.50 bits per heavy atom. The molecule has 0 spiro atoms. The first-order valence-electron chi connectivity index (χ1n) is 6.62. The van der Waals surface area contributed by atoms with Gasteiger partial charge >= 0.3 is 0 Å². The summed E-state index contributed by atoms with van der Waals surface area (Å²) in [6.07, 6.45) is 5.69. The van der Waals surface area contributed by atoms with Gasteiger partial charge in [-0.15, -0.1) is 0 Å². The molecule has 0 unspecified atom stereocenters. The molecular formula is C16H30N4. The summed E-state index contributed by atoms with van der Waals surface area (Å²) in [7, 11) is 0. The van der Waals surface area contributed by atoms with Gasteiger partial charge in [-0.3, -0.25) is 10.2 Å². The highest BCUT2D eigenvalue weighted by Gasteiger charge is 2.16. The van der Waals surface area contributed by atoms with Crippen LogP contribution in [0.5, 0.6) is 0 Å². The first-order valence-corrected chi connectivity index (χ1v) is 6.62. The van der Waals surface area contributed by atoms with Crippen molar-refractivity contribution in [2.24, 2.45) is 0 Å². The second-order valence-corrected chi connectivity index (χ2v) is 6.90. The second-order valence-electron chi connectivity index (χ2n) is 6.90. The van der Waals surface area contributed by atoms with E-state index in [-0.39, 0.29) is 18.3 Å². The maximum absolute atomic E-state index is 3.96. The number of nitrogens with one attached hydrogen (secondary N) is 2. The molecular weight excluding hydrogens is 248 g/mol. The van der Waals surface area contributed by atoms with Crippen molar-refractivity contribution in [2.45, 2.75) is 66.7 Å². The monoisotopic (exact) mass is 278 g/mol. The van der Waals surface area contributed by atoms with E-state index in [0.29, 0.717) is 0 Å². The quantitative estimate of drug-likeness (QED) is 0.752. The molecule has 114 valence electrons. The van der Waals surface area contributed by atoms with Crippen LogP contribution < -0.4 is 0 Å². The normalized spacial score (nSPS) is 11.3. The van der Waals surface area contributed by atoms with Crippen LogP contribution in [0.4, 0.5) is 0 Å². The molecule has 2 heterocycles. The van der Waals surface area contributed by atoms with Gasteiger partial charge in [-0.1, -0.05) is 49.0 Å². The van der Waals surface area contributed by atoms with Gasteiger partial charge in [0, 0.05) is 11.9 Å². The summed E-state index contributed by atoms with van der Waals surface area (Å²) < 4.78 is 0. The number of hydrogen-bond donors (Lipinski definition) is 2. The van der Waals surface area contributed by atoms with E-state index in [4.69, 9.17) is 0 Å². The van der Waals surface area contributed by atoms with E-state index < -0.39 is 0 Å². The Bertz CT molecular complexity index is 481. The van der Waals surface area contributed by atoms with E-state index in [2.05, 4.69) is 61.9 Å². The number of hydrogen-bond acceptors (Lipinski definition) is 2. The third kappa shape index (κ3) is 5.19. The van der Waals surface area contributed by atoms with Crippen molar-refractivity contribution in [1.29, 1.82) is 0 Å². The number of H-pyrrole nitrogens is 2. The smallest absolute Gasteiger partial charge is 0.0527 e. The molecule has 0 fully saturated rings. The molecule has 0 aromatic carbocycles. The van der Waals surface area contributed by atoms with Crippen LogP contribution in [0.3, 0.4) is 0 Å². The Morgan fingerprint density at radius 3 is 1.70 bits per heavy atom. The van der Waals surface area contributed by atoms with E-state index in [9.17, 15) is 0 Å². The molecule has 4 nitrogen and oxygen atoms in total. The van der Waals surface area contributed by atoms with Crippen molar-refractivity contribution in [3.8, 4) is 0 Å². The zero-order valence-corrected chi connectivity index (χ0v) is 13.1. The minimum absolute atomic E-state index is 0. The summed E-state index contributed by atoms with van der Waals surface area (Å²) in [5, 5.41) is 13.5. The molecule has 0 amide bonds. The van der Waals surface area contributed by atoms with Crippen LogP contribution in [-0.4, -0.2) is 20.4 Å². The fourth-order valence-electron chi connectivity index (χ4n) is 1.77. The van der Waals surface area contributed by atoms with Crippen molar-refractivity contribution < 1.29 is 0 Å². The number of aryl methyl sites for hydroxylation is 1. The summed E-state index contributed by atoms with van der Waals surface area (Å²) in [5.74, 6) is 0. The molecule has 2 aromatic rings. The van der Waals surface area contributed by atoms with Gasteiger partial charge in [0.1, 0.15) is 0 Å². The Labute approximate surface area is 123 Å². The van der Waals surface area contributed by atoms with E-state index >= 15 is 0 Å². The molecule has 0 aliphatic carbocycles. The summed E-state index contributed by atoms with van der Waals surface area (Å²) in [5.41, 5.74) is 4.17. The number of aromatic amines is 2.